The van der Waals surface area contributed by atoms with E-state index in [9.17, 15) is 26.7 Å². The number of aromatic nitrogens is 2. The topological polar surface area (TPSA) is 93.4 Å². The molecule has 33 heavy (non-hydrogen) atoms. The van der Waals surface area contributed by atoms with Gasteiger partial charge in [0, 0.05) is 25.0 Å². The lowest BCUT2D eigenvalue weighted by atomic mass is 10.0. The average Bonchev–Trinajstić information content (AvgIpc) is 2.72. The van der Waals surface area contributed by atoms with E-state index in [2.05, 4.69) is 15.3 Å². The molecule has 0 radical (unpaired) electrons. The van der Waals surface area contributed by atoms with Crippen molar-refractivity contribution in [2.24, 2.45) is 5.73 Å². The molecule has 12 heteroatoms. The Hall–Kier alpha value is -3.54. The fraction of sp³-hybridized carbons (Fsp3) is 0.286. The molecule has 2 heterocycles. The van der Waals surface area contributed by atoms with Gasteiger partial charge in [-0.2, -0.15) is 13.2 Å². The Bertz CT molecular complexity index is 1180. The van der Waals surface area contributed by atoms with Gasteiger partial charge < -0.3 is 15.8 Å². The number of primary amides is 1. The number of alkyl halides is 4. The van der Waals surface area contributed by atoms with Crippen molar-refractivity contribution in [2.75, 3.05) is 25.0 Å². The normalized spacial score (nSPS) is 15.8. The number of amides is 1. The fourth-order valence-corrected chi connectivity index (χ4v) is 3.66. The first kappa shape index (κ1) is 22.6. The van der Waals surface area contributed by atoms with E-state index in [1.54, 1.807) is 17.0 Å². The number of hydrogen-bond acceptors (Lipinski definition) is 6. The minimum absolute atomic E-state index is 0.0751. The van der Waals surface area contributed by atoms with E-state index in [4.69, 9.17) is 10.5 Å². The number of carbonyl (C=O) groups excluding carboxylic acids is 1. The molecule has 7 nitrogen and oxygen atoms in total. The summed E-state index contributed by atoms with van der Waals surface area (Å²) in [4.78, 5) is 21.1. The zero-order chi connectivity index (χ0) is 23.8. The third kappa shape index (κ3) is 4.95. The Morgan fingerprint density at radius 2 is 2.00 bits per heavy atom. The van der Waals surface area contributed by atoms with Gasteiger partial charge in [-0.15, -0.1) is 0 Å². The highest BCUT2D eigenvalue weighted by Crippen LogP contribution is 2.35. The van der Waals surface area contributed by atoms with E-state index in [0.29, 0.717) is 5.39 Å². The molecule has 0 unspecified atom stereocenters. The summed E-state index contributed by atoms with van der Waals surface area (Å²) in [5, 5.41) is 3.46. The molecule has 1 aliphatic heterocycles. The number of benzene rings is 2. The van der Waals surface area contributed by atoms with Crippen LogP contribution in [0, 0.1) is 5.82 Å². The van der Waals surface area contributed by atoms with Gasteiger partial charge in [-0.3, -0.25) is 4.90 Å². The Morgan fingerprint density at radius 3 is 2.67 bits per heavy atom. The zero-order valence-corrected chi connectivity index (χ0v) is 16.9. The summed E-state index contributed by atoms with van der Waals surface area (Å²) in [6.45, 7) is 0.408. The molecule has 1 amide bonds. The van der Waals surface area contributed by atoms with Gasteiger partial charge >= 0.3 is 12.3 Å². The molecule has 1 saturated heterocycles. The molecule has 174 valence electrons. The van der Waals surface area contributed by atoms with Gasteiger partial charge in [-0.25, -0.2) is 23.5 Å². The van der Waals surface area contributed by atoms with Crippen LogP contribution >= 0.6 is 0 Å². The van der Waals surface area contributed by atoms with Gasteiger partial charge in [-0.05, 0) is 29.8 Å². The van der Waals surface area contributed by atoms with Gasteiger partial charge in [0.2, 0.25) is 0 Å². The van der Waals surface area contributed by atoms with Gasteiger partial charge in [-0.1, -0.05) is 12.1 Å². The number of halogens is 5. The Kier molecular flexibility index (Phi) is 6.02. The number of para-hydroxylation sites is 1. The van der Waals surface area contributed by atoms with E-state index < -0.39 is 35.9 Å². The second-order valence-electron chi connectivity index (χ2n) is 7.55. The number of rotatable bonds is 6. The molecule has 3 N–H and O–H groups in total. The van der Waals surface area contributed by atoms with Crippen LogP contribution in [-0.2, 0) is 6.18 Å². The van der Waals surface area contributed by atoms with Crippen LogP contribution in [0.1, 0.15) is 17.2 Å². The fourth-order valence-electron chi connectivity index (χ4n) is 3.66. The second-order valence-corrected chi connectivity index (χ2v) is 7.55. The summed E-state index contributed by atoms with van der Waals surface area (Å²) < 4.78 is 71.9. The molecule has 4 rings (SSSR count). The van der Waals surface area contributed by atoms with E-state index in [1.165, 1.54) is 18.5 Å². The molecule has 1 fully saturated rings. The number of anilines is 1. The molecular weight excluding hydrogens is 449 g/mol. The highest BCUT2D eigenvalue weighted by atomic mass is 19.4. The molecule has 0 bridgehead atoms. The molecule has 0 aliphatic carbocycles. The summed E-state index contributed by atoms with van der Waals surface area (Å²) >= 11 is 0. The maximum absolute atomic E-state index is 13.8. The van der Waals surface area contributed by atoms with E-state index >= 15 is 0 Å². The van der Waals surface area contributed by atoms with Gasteiger partial charge in [0.25, 0.3) is 0 Å². The number of likely N-dealkylation sites (tertiary alicyclic amines) is 1. The number of nitrogens with one attached hydrogen (secondary N) is 1. The molecule has 1 atom stereocenters. The molecule has 0 saturated carbocycles. The first-order chi connectivity index (χ1) is 15.6. The molecular formula is C21H18F5N5O2. The number of carbonyl (C=O) groups is 1. The van der Waals surface area contributed by atoms with Crippen LogP contribution in [0.4, 0.5) is 32.6 Å². The number of ether oxygens (including phenoxy) is 1. The predicted molar refractivity (Wildman–Crippen MR) is 109 cm³/mol. The summed E-state index contributed by atoms with van der Waals surface area (Å²) in [6.07, 6.45) is -5.76. The molecule has 1 aromatic heterocycles. The summed E-state index contributed by atoms with van der Waals surface area (Å²) in [5.74, 6) is -1.08. The van der Waals surface area contributed by atoms with Crippen molar-refractivity contribution in [3.63, 3.8) is 0 Å². The predicted octanol–water partition coefficient (Wildman–Crippen LogP) is 4.05. The molecule has 3 aromatic rings. The van der Waals surface area contributed by atoms with Gasteiger partial charge in [0.1, 0.15) is 29.7 Å². The number of nitrogens with two attached hydrogens (primary N) is 1. The number of nitrogens with zero attached hydrogens (tertiary/aromatic N) is 3. The smallest absolute Gasteiger partial charge is 0.408 e. The first-order valence-electron chi connectivity index (χ1n) is 9.82. The Labute approximate surface area is 184 Å². The van der Waals surface area contributed by atoms with E-state index in [-0.39, 0.29) is 42.3 Å². The van der Waals surface area contributed by atoms with Crippen LogP contribution in [0.25, 0.3) is 10.9 Å². The molecule has 1 aliphatic rings. The van der Waals surface area contributed by atoms with Gasteiger partial charge in [0.05, 0.1) is 11.6 Å². The summed E-state index contributed by atoms with van der Waals surface area (Å²) in [7, 11) is 0. The SMILES string of the molecule is NC(=O)Oc1cccc2c(N[C@H](CN3CC(F)C3)c3ccc(F)c(C(F)(F)F)c3)ncnc12. The van der Waals surface area contributed by atoms with Crippen molar-refractivity contribution < 1.29 is 31.5 Å². The van der Waals surface area contributed by atoms with Crippen LogP contribution in [-0.4, -0.2) is 46.8 Å². The molecule has 0 spiro atoms. The number of hydrogen-bond donors (Lipinski definition) is 2. The van der Waals surface area contributed by atoms with Crippen molar-refractivity contribution in [3.8, 4) is 5.75 Å². The second kappa shape index (κ2) is 8.77. The van der Waals surface area contributed by atoms with Crippen LogP contribution in [0.15, 0.2) is 42.7 Å². The largest absolute Gasteiger partial charge is 0.419 e. The molecule has 2 aromatic carbocycles. The van der Waals surface area contributed by atoms with E-state index in [0.717, 1.165) is 12.1 Å². The van der Waals surface area contributed by atoms with Crippen molar-refractivity contribution in [1.29, 1.82) is 0 Å². The quantitative estimate of drug-likeness (QED) is 0.532. The maximum atomic E-state index is 13.8. The van der Waals surface area contributed by atoms with Crippen LogP contribution < -0.4 is 15.8 Å². The summed E-state index contributed by atoms with van der Waals surface area (Å²) in [5.41, 5.74) is 4.07. The zero-order valence-electron chi connectivity index (χ0n) is 16.9. The van der Waals surface area contributed by atoms with Crippen molar-refractivity contribution >= 4 is 22.8 Å². The van der Waals surface area contributed by atoms with Crippen molar-refractivity contribution in [1.82, 2.24) is 14.9 Å². The maximum Gasteiger partial charge on any atom is 0.419 e. The lowest BCUT2D eigenvalue weighted by molar-refractivity contribution is -0.140. The third-order valence-corrected chi connectivity index (χ3v) is 5.20. The minimum Gasteiger partial charge on any atom is -0.408 e. The lowest BCUT2D eigenvalue weighted by Crippen LogP contribution is -2.50. The van der Waals surface area contributed by atoms with Crippen LogP contribution in [0.3, 0.4) is 0 Å². The van der Waals surface area contributed by atoms with E-state index in [1.807, 2.05) is 0 Å². The average molecular weight is 467 g/mol. The summed E-state index contributed by atoms with van der Waals surface area (Å²) in [6, 6.07) is 6.57. The first-order valence-corrected chi connectivity index (χ1v) is 9.82. The van der Waals surface area contributed by atoms with Crippen molar-refractivity contribution in [2.45, 2.75) is 18.4 Å². The third-order valence-electron chi connectivity index (χ3n) is 5.20. The standard InChI is InChI=1S/C21H18F5N5O2/c22-12-7-31(8-12)9-16(11-4-5-15(23)14(6-11)21(24,25)26)30-19-13-2-1-3-17(33-20(27)32)18(13)28-10-29-19/h1-6,10,12,16H,7-9H2,(H2,27,32)(H,28,29,30)/t16-/m1/s1. The van der Waals surface area contributed by atoms with Crippen LogP contribution in [0.2, 0.25) is 0 Å². The highest BCUT2D eigenvalue weighted by molar-refractivity contribution is 5.94. The van der Waals surface area contributed by atoms with Crippen molar-refractivity contribution in [3.05, 3.63) is 59.7 Å². The lowest BCUT2D eigenvalue weighted by Gasteiger charge is -2.37. The Morgan fingerprint density at radius 1 is 1.24 bits per heavy atom. The number of fused-ring (bicyclic) bond motifs is 1. The Balaban J connectivity index is 1.72. The minimum atomic E-state index is -4.88. The monoisotopic (exact) mass is 467 g/mol. The van der Waals surface area contributed by atoms with Crippen LogP contribution in [0.5, 0.6) is 5.75 Å². The van der Waals surface area contributed by atoms with Gasteiger partial charge in [0.15, 0.2) is 5.75 Å². The highest BCUT2D eigenvalue weighted by Gasteiger charge is 2.35.